The fourth-order valence-electron chi connectivity index (χ4n) is 2.97. The summed E-state index contributed by atoms with van der Waals surface area (Å²) in [5, 5.41) is 3.27. The molecule has 0 aliphatic heterocycles. The molecule has 0 radical (unpaired) electrons. The van der Waals surface area contributed by atoms with Crippen LogP contribution in [0.4, 0.5) is 5.69 Å². The van der Waals surface area contributed by atoms with Gasteiger partial charge in [-0.15, -0.1) is 0 Å². The maximum Gasteiger partial charge on any atom is 0.203 e. The number of ether oxygens (including phenoxy) is 3. The molecule has 0 aliphatic rings. The zero-order valence-corrected chi connectivity index (χ0v) is 16.8. The Labute approximate surface area is 161 Å². The predicted molar refractivity (Wildman–Crippen MR) is 110 cm³/mol. The van der Waals surface area contributed by atoms with Crippen molar-refractivity contribution in [2.45, 2.75) is 33.2 Å². The summed E-state index contributed by atoms with van der Waals surface area (Å²) in [6.45, 7) is 4.65. The standard InChI is InChI=1S/C21H29N3O3/c1-6-15-9-8-10-16(7-2)19(15)24-21(22)23-13-14-11-17(25-3)20(27-5)18(12-14)26-4/h8-12H,6-7,13H2,1-5H3,(H3,22,23,24). The molecule has 0 heterocycles. The summed E-state index contributed by atoms with van der Waals surface area (Å²) in [4.78, 5) is 4.48. The van der Waals surface area contributed by atoms with E-state index < -0.39 is 0 Å². The largest absolute Gasteiger partial charge is 0.493 e. The minimum Gasteiger partial charge on any atom is -0.493 e. The fraction of sp³-hybridized carbons (Fsp3) is 0.381. The van der Waals surface area contributed by atoms with Crippen molar-refractivity contribution in [1.82, 2.24) is 0 Å². The molecule has 0 unspecified atom stereocenters. The second-order valence-corrected chi connectivity index (χ2v) is 6.02. The first-order valence-electron chi connectivity index (χ1n) is 9.04. The van der Waals surface area contributed by atoms with Crippen molar-refractivity contribution in [3.8, 4) is 17.2 Å². The summed E-state index contributed by atoms with van der Waals surface area (Å²) < 4.78 is 16.1. The van der Waals surface area contributed by atoms with Crippen LogP contribution in [0.1, 0.15) is 30.5 Å². The van der Waals surface area contributed by atoms with E-state index >= 15 is 0 Å². The second kappa shape index (κ2) is 9.71. The molecule has 6 heteroatoms. The van der Waals surface area contributed by atoms with E-state index in [1.807, 2.05) is 12.1 Å². The average Bonchev–Trinajstić information content (AvgIpc) is 2.71. The number of aryl methyl sites for hydroxylation is 2. The number of rotatable bonds is 8. The molecule has 0 bridgehead atoms. The molecular weight excluding hydrogens is 342 g/mol. The molecule has 146 valence electrons. The van der Waals surface area contributed by atoms with Gasteiger partial charge in [0, 0.05) is 5.69 Å². The lowest BCUT2D eigenvalue weighted by Gasteiger charge is -2.15. The molecule has 6 nitrogen and oxygen atoms in total. The number of guanidine groups is 1. The van der Waals surface area contributed by atoms with E-state index in [2.05, 4.69) is 42.4 Å². The van der Waals surface area contributed by atoms with Gasteiger partial charge in [0.15, 0.2) is 17.5 Å². The lowest BCUT2D eigenvalue weighted by atomic mass is 10.0. The third-order valence-corrected chi connectivity index (χ3v) is 4.41. The highest BCUT2D eigenvalue weighted by Gasteiger charge is 2.13. The molecule has 2 aromatic rings. The molecule has 0 fully saturated rings. The van der Waals surface area contributed by atoms with Gasteiger partial charge in [-0.2, -0.15) is 0 Å². The number of nitrogens with two attached hydrogens (primary N) is 1. The summed E-state index contributed by atoms with van der Waals surface area (Å²) in [5.74, 6) is 2.12. The highest BCUT2D eigenvalue weighted by Crippen LogP contribution is 2.38. The van der Waals surface area contributed by atoms with Gasteiger partial charge in [0.1, 0.15) is 0 Å². The van der Waals surface area contributed by atoms with Crippen molar-refractivity contribution in [2.24, 2.45) is 10.7 Å². The molecule has 0 saturated heterocycles. The molecule has 27 heavy (non-hydrogen) atoms. The Morgan fingerprint density at radius 1 is 0.963 bits per heavy atom. The smallest absolute Gasteiger partial charge is 0.203 e. The maximum atomic E-state index is 6.15. The minimum absolute atomic E-state index is 0.374. The van der Waals surface area contributed by atoms with Crippen LogP contribution >= 0.6 is 0 Å². The van der Waals surface area contributed by atoms with Crippen LogP contribution < -0.4 is 25.3 Å². The Morgan fingerprint density at radius 3 is 1.96 bits per heavy atom. The summed E-state index contributed by atoms with van der Waals surface area (Å²) in [7, 11) is 4.76. The van der Waals surface area contributed by atoms with Gasteiger partial charge in [0.2, 0.25) is 5.75 Å². The zero-order valence-electron chi connectivity index (χ0n) is 16.8. The topological polar surface area (TPSA) is 78.1 Å². The summed E-state index contributed by atoms with van der Waals surface area (Å²) in [5.41, 5.74) is 10.6. The maximum absolute atomic E-state index is 6.15. The molecule has 0 aliphatic carbocycles. The van der Waals surface area contributed by atoms with E-state index in [4.69, 9.17) is 19.9 Å². The number of para-hydroxylation sites is 1. The minimum atomic E-state index is 0.374. The molecule has 0 amide bonds. The Morgan fingerprint density at radius 2 is 1.52 bits per heavy atom. The van der Waals surface area contributed by atoms with Crippen molar-refractivity contribution in [1.29, 1.82) is 0 Å². The van der Waals surface area contributed by atoms with Gasteiger partial charge in [-0.1, -0.05) is 32.0 Å². The summed E-state index contributed by atoms with van der Waals surface area (Å²) >= 11 is 0. The fourth-order valence-corrected chi connectivity index (χ4v) is 2.97. The van der Waals surface area contributed by atoms with Crippen LogP contribution in [0.15, 0.2) is 35.3 Å². The number of hydrogen-bond acceptors (Lipinski definition) is 4. The van der Waals surface area contributed by atoms with Gasteiger partial charge in [-0.3, -0.25) is 0 Å². The van der Waals surface area contributed by atoms with Crippen molar-refractivity contribution in [2.75, 3.05) is 26.6 Å². The van der Waals surface area contributed by atoms with Gasteiger partial charge in [0.05, 0.1) is 27.9 Å². The van der Waals surface area contributed by atoms with E-state index in [0.717, 1.165) is 24.1 Å². The normalized spacial score (nSPS) is 11.2. The molecule has 2 rings (SSSR count). The van der Waals surface area contributed by atoms with Gasteiger partial charge < -0.3 is 25.3 Å². The number of nitrogens with one attached hydrogen (secondary N) is 1. The first-order valence-corrected chi connectivity index (χ1v) is 9.04. The molecule has 3 N–H and O–H groups in total. The SMILES string of the molecule is CCc1cccc(CC)c1NC(N)=NCc1cc(OC)c(OC)c(OC)c1. The van der Waals surface area contributed by atoms with E-state index in [9.17, 15) is 0 Å². The zero-order chi connectivity index (χ0) is 19.8. The Bertz CT molecular complexity index is 756. The summed E-state index contributed by atoms with van der Waals surface area (Å²) in [6.07, 6.45) is 1.85. The number of benzene rings is 2. The second-order valence-electron chi connectivity index (χ2n) is 6.02. The Kier molecular flexibility index (Phi) is 7.34. The lowest BCUT2D eigenvalue weighted by molar-refractivity contribution is 0.324. The average molecular weight is 371 g/mol. The van der Waals surface area contributed by atoms with Crippen LogP contribution in [0.25, 0.3) is 0 Å². The van der Waals surface area contributed by atoms with Crippen molar-refractivity contribution < 1.29 is 14.2 Å². The van der Waals surface area contributed by atoms with Crippen LogP contribution in [-0.4, -0.2) is 27.3 Å². The summed E-state index contributed by atoms with van der Waals surface area (Å²) in [6, 6.07) is 10.0. The van der Waals surface area contributed by atoms with Gasteiger partial charge in [0.25, 0.3) is 0 Å². The number of hydrogen-bond donors (Lipinski definition) is 2. The third kappa shape index (κ3) is 4.84. The number of nitrogens with zero attached hydrogens (tertiary/aromatic N) is 1. The van der Waals surface area contributed by atoms with E-state index in [1.54, 1.807) is 21.3 Å². The third-order valence-electron chi connectivity index (χ3n) is 4.41. The van der Waals surface area contributed by atoms with E-state index in [0.29, 0.717) is 29.8 Å². The van der Waals surface area contributed by atoms with E-state index in [1.165, 1.54) is 11.1 Å². The molecule has 0 atom stereocenters. The van der Waals surface area contributed by atoms with Crippen LogP contribution in [0.3, 0.4) is 0 Å². The van der Waals surface area contributed by atoms with Gasteiger partial charge in [-0.05, 0) is 41.7 Å². The molecule has 0 saturated carbocycles. The Balaban J connectivity index is 2.24. The molecular formula is C21H29N3O3. The monoisotopic (exact) mass is 371 g/mol. The van der Waals surface area contributed by atoms with Crippen LogP contribution in [0, 0.1) is 0 Å². The first-order chi connectivity index (χ1) is 13.1. The van der Waals surface area contributed by atoms with E-state index in [-0.39, 0.29) is 0 Å². The number of anilines is 1. The van der Waals surface area contributed by atoms with Gasteiger partial charge in [-0.25, -0.2) is 4.99 Å². The Hall–Kier alpha value is -2.89. The predicted octanol–water partition coefficient (Wildman–Crippen LogP) is 3.76. The number of aliphatic imine (C=N–C) groups is 1. The van der Waals surface area contributed by atoms with Crippen LogP contribution in [0.5, 0.6) is 17.2 Å². The highest BCUT2D eigenvalue weighted by molar-refractivity contribution is 5.93. The van der Waals surface area contributed by atoms with Crippen LogP contribution in [0.2, 0.25) is 0 Å². The van der Waals surface area contributed by atoms with Crippen LogP contribution in [-0.2, 0) is 19.4 Å². The first kappa shape index (κ1) is 20.4. The highest BCUT2D eigenvalue weighted by atomic mass is 16.5. The van der Waals surface area contributed by atoms with Crippen molar-refractivity contribution in [3.05, 3.63) is 47.0 Å². The van der Waals surface area contributed by atoms with Crippen molar-refractivity contribution >= 4 is 11.6 Å². The molecule has 0 aromatic heterocycles. The lowest BCUT2D eigenvalue weighted by Crippen LogP contribution is -2.24. The van der Waals surface area contributed by atoms with Gasteiger partial charge >= 0.3 is 0 Å². The quantitative estimate of drug-likeness (QED) is 0.546. The number of methoxy groups -OCH3 is 3. The molecule has 2 aromatic carbocycles. The van der Waals surface area contributed by atoms with Crippen molar-refractivity contribution in [3.63, 3.8) is 0 Å². The molecule has 0 spiro atoms.